The van der Waals surface area contributed by atoms with Crippen molar-refractivity contribution in [2.45, 2.75) is 19.0 Å². The van der Waals surface area contributed by atoms with Crippen LogP contribution in [0.3, 0.4) is 0 Å². The molecule has 5 rings (SSSR count). The van der Waals surface area contributed by atoms with Gasteiger partial charge in [0, 0.05) is 50.1 Å². The maximum Gasteiger partial charge on any atom is 0.289 e. The van der Waals surface area contributed by atoms with Crippen molar-refractivity contribution in [1.29, 1.82) is 0 Å². The molecule has 2 fully saturated rings. The number of alkyl halides is 1. The van der Waals surface area contributed by atoms with Crippen LogP contribution in [-0.2, 0) is 4.79 Å². The predicted octanol–water partition coefficient (Wildman–Crippen LogP) is 1.47. The number of aliphatic imine (C=N–C) groups is 2. The van der Waals surface area contributed by atoms with Gasteiger partial charge in [0.15, 0.2) is 0 Å². The van der Waals surface area contributed by atoms with E-state index >= 15 is 0 Å². The Balaban J connectivity index is 1.28. The van der Waals surface area contributed by atoms with Crippen molar-refractivity contribution in [1.82, 2.24) is 19.8 Å². The SMILES string of the molecule is O=C1N=C(N2CCN(C(=O)c3ccc4nccnc4c3)CC2)N=C(C2CC2)C1F. The van der Waals surface area contributed by atoms with Gasteiger partial charge in [0.05, 0.1) is 16.7 Å². The van der Waals surface area contributed by atoms with E-state index in [1.807, 2.05) is 4.90 Å². The minimum atomic E-state index is -1.70. The van der Waals surface area contributed by atoms with Crippen molar-refractivity contribution in [2.24, 2.45) is 15.9 Å². The zero-order valence-corrected chi connectivity index (χ0v) is 15.7. The number of benzene rings is 1. The Morgan fingerprint density at radius 1 is 1.00 bits per heavy atom. The largest absolute Gasteiger partial charge is 0.337 e. The van der Waals surface area contributed by atoms with Crippen molar-refractivity contribution in [2.75, 3.05) is 26.2 Å². The number of hydrogen-bond donors (Lipinski definition) is 0. The number of amides is 2. The minimum Gasteiger partial charge on any atom is -0.337 e. The molecule has 0 radical (unpaired) electrons. The monoisotopic (exact) mass is 394 g/mol. The van der Waals surface area contributed by atoms with Crippen LogP contribution >= 0.6 is 0 Å². The van der Waals surface area contributed by atoms with Crippen molar-refractivity contribution in [3.63, 3.8) is 0 Å². The van der Waals surface area contributed by atoms with E-state index in [-0.39, 0.29) is 17.8 Å². The number of carbonyl (C=O) groups is 2. The standard InChI is InChI=1S/C20H19FN6O2/c21-16-17(12-1-2-12)24-20(25-18(16)28)27-9-7-26(8-10-27)19(29)13-3-4-14-15(11-13)23-6-5-22-14/h3-6,11-12,16H,1-2,7-10H2. The Bertz CT molecular complexity index is 1060. The van der Waals surface area contributed by atoms with E-state index in [9.17, 15) is 14.0 Å². The smallest absolute Gasteiger partial charge is 0.289 e. The van der Waals surface area contributed by atoms with E-state index < -0.39 is 12.1 Å². The van der Waals surface area contributed by atoms with Crippen LogP contribution in [0, 0.1) is 5.92 Å². The maximum absolute atomic E-state index is 14.1. The lowest BCUT2D eigenvalue weighted by atomic mass is 10.1. The summed E-state index contributed by atoms with van der Waals surface area (Å²) in [7, 11) is 0. The zero-order chi connectivity index (χ0) is 20.0. The summed E-state index contributed by atoms with van der Waals surface area (Å²) < 4.78 is 14.1. The molecule has 8 nitrogen and oxygen atoms in total. The summed E-state index contributed by atoms with van der Waals surface area (Å²) in [6.45, 7) is 1.92. The summed E-state index contributed by atoms with van der Waals surface area (Å²) in [5, 5.41) is 0. The van der Waals surface area contributed by atoms with Crippen LogP contribution in [0.4, 0.5) is 4.39 Å². The highest BCUT2D eigenvalue weighted by atomic mass is 19.1. The van der Waals surface area contributed by atoms with Crippen LogP contribution < -0.4 is 0 Å². The lowest BCUT2D eigenvalue weighted by molar-refractivity contribution is -0.120. The predicted molar refractivity (Wildman–Crippen MR) is 105 cm³/mol. The van der Waals surface area contributed by atoms with Gasteiger partial charge in [-0.3, -0.25) is 19.6 Å². The van der Waals surface area contributed by atoms with Gasteiger partial charge < -0.3 is 9.80 Å². The van der Waals surface area contributed by atoms with Crippen LogP contribution in [0.15, 0.2) is 40.6 Å². The van der Waals surface area contributed by atoms with Gasteiger partial charge in [-0.15, -0.1) is 0 Å². The van der Waals surface area contributed by atoms with E-state index in [0.717, 1.165) is 18.4 Å². The number of aromatic nitrogens is 2. The van der Waals surface area contributed by atoms with Crippen LogP contribution in [0.2, 0.25) is 0 Å². The summed E-state index contributed by atoms with van der Waals surface area (Å²) in [6, 6.07) is 5.29. The molecule has 1 aromatic heterocycles. The van der Waals surface area contributed by atoms with Crippen molar-refractivity contribution >= 4 is 34.5 Å². The molecule has 0 spiro atoms. The number of fused-ring (bicyclic) bond motifs is 1. The highest BCUT2D eigenvalue weighted by Gasteiger charge is 2.40. The molecule has 0 bridgehead atoms. The van der Waals surface area contributed by atoms with Crippen LogP contribution in [0.5, 0.6) is 0 Å². The average Bonchev–Trinajstić information content (AvgIpc) is 3.60. The molecule has 3 heterocycles. The second-order valence-corrected chi connectivity index (χ2v) is 7.46. The second-order valence-electron chi connectivity index (χ2n) is 7.46. The Labute approximate surface area is 166 Å². The number of piperazine rings is 1. The number of nitrogens with zero attached hydrogens (tertiary/aromatic N) is 6. The highest BCUT2D eigenvalue weighted by molar-refractivity contribution is 6.18. The molecular formula is C20H19FN6O2. The van der Waals surface area contributed by atoms with Crippen molar-refractivity contribution in [3.05, 3.63) is 36.2 Å². The van der Waals surface area contributed by atoms with E-state index in [1.54, 1.807) is 35.5 Å². The van der Waals surface area contributed by atoms with Crippen LogP contribution in [-0.4, -0.2) is 75.6 Å². The molecule has 2 amide bonds. The van der Waals surface area contributed by atoms with Gasteiger partial charge in [-0.2, -0.15) is 4.99 Å². The van der Waals surface area contributed by atoms with Gasteiger partial charge in [0.25, 0.3) is 11.8 Å². The second kappa shape index (κ2) is 6.98. The van der Waals surface area contributed by atoms with Gasteiger partial charge >= 0.3 is 0 Å². The Morgan fingerprint density at radius 3 is 2.45 bits per heavy atom. The molecule has 1 aliphatic carbocycles. The molecule has 3 aliphatic rings. The summed E-state index contributed by atoms with van der Waals surface area (Å²) in [5.41, 5.74) is 2.29. The average molecular weight is 394 g/mol. The third kappa shape index (κ3) is 3.37. The molecular weight excluding hydrogens is 375 g/mol. The van der Waals surface area contributed by atoms with Crippen LogP contribution in [0.1, 0.15) is 23.2 Å². The molecule has 1 atom stereocenters. The van der Waals surface area contributed by atoms with Gasteiger partial charge in [0.2, 0.25) is 12.1 Å². The van der Waals surface area contributed by atoms with E-state index in [0.29, 0.717) is 43.0 Å². The number of rotatable bonds is 2. The Kier molecular flexibility index (Phi) is 4.30. The lowest BCUT2D eigenvalue weighted by Gasteiger charge is -2.36. The maximum atomic E-state index is 14.1. The number of halogens is 1. The fourth-order valence-electron chi connectivity index (χ4n) is 3.69. The molecule has 1 saturated heterocycles. The van der Waals surface area contributed by atoms with Gasteiger partial charge in [0.1, 0.15) is 0 Å². The molecule has 2 aromatic rings. The molecule has 148 valence electrons. The molecule has 29 heavy (non-hydrogen) atoms. The third-order valence-corrected chi connectivity index (χ3v) is 5.48. The van der Waals surface area contributed by atoms with Crippen LogP contribution in [0.25, 0.3) is 11.0 Å². The number of carbonyl (C=O) groups excluding carboxylic acids is 2. The van der Waals surface area contributed by atoms with Gasteiger partial charge in [-0.05, 0) is 31.0 Å². The van der Waals surface area contributed by atoms with Gasteiger partial charge in [-0.1, -0.05) is 0 Å². The minimum absolute atomic E-state index is 0.0679. The molecule has 2 aliphatic heterocycles. The van der Waals surface area contributed by atoms with E-state index in [1.165, 1.54) is 0 Å². The van der Waals surface area contributed by atoms with Gasteiger partial charge in [-0.25, -0.2) is 9.38 Å². The fourth-order valence-corrected chi connectivity index (χ4v) is 3.69. The molecule has 1 saturated carbocycles. The summed E-state index contributed by atoms with van der Waals surface area (Å²) in [5.74, 6) is -0.505. The highest BCUT2D eigenvalue weighted by Crippen LogP contribution is 2.34. The van der Waals surface area contributed by atoms with Crippen molar-refractivity contribution < 1.29 is 14.0 Å². The zero-order valence-electron chi connectivity index (χ0n) is 15.7. The summed E-state index contributed by atoms with van der Waals surface area (Å²) in [6.07, 6.45) is 3.26. The van der Waals surface area contributed by atoms with E-state index in [4.69, 9.17) is 0 Å². The Hall–Kier alpha value is -3.23. The quantitative estimate of drug-likeness (QED) is 0.769. The molecule has 0 N–H and O–H groups in total. The first-order valence-corrected chi connectivity index (χ1v) is 9.70. The van der Waals surface area contributed by atoms with E-state index in [2.05, 4.69) is 20.0 Å². The number of guanidine groups is 1. The molecule has 1 aromatic carbocycles. The molecule has 1 unspecified atom stereocenters. The summed E-state index contributed by atoms with van der Waals surface area (Å²) >= 11 is 0. The third-order valence-electron chi connectivity index (χ3n) is 5.48. The first kappa shape index (κ1) is 17.8. The van der Waals surface area contributed by atoms with Crippen molar-refractivity contribution in [3.8, 4) is 0 Å². The summed E-state index contributed by atoms with van der Waals surface area (Å²) in [4.78, 5) is 45.0. The first-order valence-electron chi connectivity index (χ1n) is 9.70. The number of hydrogen-bond acceptors (Lipinski definition) is 6. The molecule has 9 heteroatoms. The first-order chi connectivity index (χ1) is 14.1. The normalized spacial score (nSPS) is 22.5. The Morgan fingerprint density at radius 2 is 1.72 bits per heavy atom. The lowest BCUT2D eigenvalue weighted by Crippen LogP contribution is -2.51. The topological polar surface area (TPSA) is 91.1 Å². The fraction of sp³-hybridized carbons (Fsp3) is 0.400.